The van der Waals surface area contributed by atoms with Gasteiger partial charge in [-0.3, -0.25) is 4.98 Å². The zero-order chi connectivity index (χ0) is 21.1. The van der Waals surface area contributed by atoms with Crippen molar-refractivity contribution in [2.45, 2.75) is 11.4 Å². The summed E-state index contributed by atoms with van der Waals surface area (Å²) in [5.41, 5.74) is 1.27. The van der Waals surface area contributed by atoms with E-state index in [4.69, 9.17) is 4.74 Å². The van der Waals surface area contributed by atoms with Crippen molar-refractivity contribution >= 4 is 26.6 Å². The molecule has 0 aliphatic heterocycles. The Morgan fingerprint density at radius 3 is 2.70 bits per heavy atom. The number of anilines is 1. The fraction of sp³-hybridized carbons (Fsp3) is 0.0952. The summed E-state index contributed by atoms with van der Waals surface area (Å²) in [6.07, 6.45) is 5.63. The largest absolute Gasteiger partial charge is 0.453 e. The number of hydrogen-bond donors (Lipinski definition) is 1. The minimum atomic E-state index is -3.37. The second-order valence-corrected chi connectivity index (χ2v) is 8.60. The van der Waals surface area contributed by atoms with Gasteiger partial charge >= 0.3 is 0 Å². The maximum atomic E-state index is 14.4. The summed E-state index contributed by atoms with van der Waals surface area (Å²) in [6.45, 7) is 0.277. The summed E-state index contributed by atoms with van der Waals surface area (Å²) in [4.78, 5) is 12.5. The van der Waals surface area contributed by atoms with Crippen LogP contribution in [0.15, 0.2) is 72.1 Å². The molecule has 0 aliphatic carbocycles. The SMILES string of the molecule is CS(=O)(=O)c1ccc2ncnc(NCc3ccc(Oc4cccnc4)c(F)c3)c2c1. The van der Waals surface area contributed by atoms with Gasteiger partial charge in [0.2, 0.25) is 0 Å². The molecule has 1 N–H and O–H groups in total. The molecule has 0 saturated heterocycles. The molecule has 0 saturated carbocycles. The van der Waals surface area contributed by atoms with Gasteiger partial charge in [-0.15, -0.1) is 0 Å². The van der Waals surface area contributed by atoms with Crippen molar-refractivity contribution in [3.05, 3.63) is 78.6 Å². The van der Waals surface area contributed by atoms with Crippen molar-refractivity contribution in [2.24, 2.45) is 0 Å². The molecule has 0 fully saturated rings. The smallest absolute Gasteiger partial charge is 0.175 e. The molecule has 4 rings (SSSR count). The van der Waals surface area contributed by atoms with Crippen LogP contribution in [0.1, 0.15) is 5.56 Å². The van der Waals surface area contributed by atoms with Crippen LogP contribution in [0.25, 0.3) is 10.9 Å². The minimum Gasteiger partial charge on any atom is -0.453 e. The number of aromatic nitrogens is 3. The average Bonchev–Trinajstić information content (AvgIpc) is 2.73. The van der Waals surface area contributed by atoms with Crippen LogP contribution in [0.2, 0.25) is 0 Å². The molecule has 9 heteroatoms. The Morgan fingerprint density at radius 1 is 1.10 bits per heavy atom. The predicted octanol–water partition coefficient (Wildman–Crippen LogP) is 3.97. The molecular formula is C21H17FN4O3S. The summed E-state index contributed by atoms with van der Waals surface area (Å²) in [6, 6.07) is 12.7. The lowest BCUT2D eigenvalue weighted by Crippen LogP contribution is -2.04. The number of benzene rings is 2. The van der Waals surface area contributed by atoms with Gasteiger partial charge in [0, 0.05) is 24.4 Å². The molecule has 30 heavy (non-hydrogen) atoms. The Balaban J connectivity index is 1.54. The van der Waals surface area contributed by atoms with Crippen LogP contribution in [-0.2, 0) is 16.4 Å². The summed E-state index contributed by atoms with van der Waals surface area (Å²) in [7, 11) is -3.37. The molecule has 0 bridgehead atoms. The van der Waals surface area contributed by atoms with E-state index in [9.17, 15) is 12.8 Å². The summed E-state index contributed by atoms with van der Waals surface area (Å²) < 4.78 is 43.6. The number of pyridine rings is 1. The number of hydrogen-bond acceptors (Lipinski definition) is 7. The quantitative estimate of drug-likeness (QED) is 0.500. The summed E-state index contributed by atoms with van der Waals surface area (Å²) >= 11 is 0. The minimum absolute atomic E-state index is 0.0945. The third-order valence-electron chi connectivity index (χ3n) is 4.35. The fourth-order valence-electron chi connectivity index (χ4n) is 2.86. The molecule has 0 radical (unpaired) electrons. The van der Waals surface area contributed by atoms with Gasteiger partial charge in [-0.2, -0.15) is 0 Å². The molecule has 2 aromatic carbocycles. The molecule has 7 nitrogen and oxygen atoms in total. The molecule has 0 atom stereocenters. The highest BCUT2D eigenvalue weighted by atomic mass is 32.2. The van der Waals surface area contributed by atoms with Gasteiger partial charge in [-0.25, -0.2) is 22.8 Å². The van der Waals surface area contributed by atoms with E-state index >= 15 is 0 Å². The van der Waals surface area contributed by atoms with Crippen LogP contribution in [-0.4, -0.2) is 29.6 Å². The van der Waals surface area contributed by atoms with Crippen molar-refractivity contribution in [2.75, 3.05) is 11.6 Å². The van der Waals surface area contributed by atoms with E-state index in [0.29, 0.717) is 28.0 Å². The number of ether oxygens (including phenoxy) is 1. The average molecular weight is 424 g/mol. The summed E-state index contributed by atoms with van der Waals surface area (Å²) in [5, 5.41) is 3.68. The first-order valence-electron chi connectivity index (χ1n) is 8.95. The van der Waals surface area contributed by atoms with E-state index in [2.05, 4.69) is 20.3 Å². The van der Waals surface area contributed by atoms with Gasteiger partial charge < -0.3 is 10.1 Å². The second kappa shape index (κ2) is 8.03. The van der Waals surface area contributed by atoms with Crippen molar-refractivity contribution in [1.29, 1.82) is 0 Å². The van der Waals surface area contributed by atoms with Crippen molar-refractivity contribution in [3.63, 3.8) is 0 Å². The van der Waals surface area contributed by atoms with Crippen LogP contribution in [0.4, 0.5) is 10.2 Å². The van der Waals surface area contributed by atoms with Gasteiger partial charge in [0.05, 0.1) is 16.6 Å². The maximum Gasteiger partial charge on any atom is 0.175 e. The lowest BCUT2D eigenvalue weighted by atomic mass is 10.2. The van der Waals surface area contributed by atoms with Gasteiger partial charge in [0.25, 0.3) is 0 Å². The highest BCUT2D eigenvalue weighted by Crippen LogP contribution is 2.26. The number of halogens is 1. The van der Waals surface area contributed by atoms with Gasteiger partial charge in [0.15, 0.2) is 21.4 Å². The molecule has 0 amide bonds. The highest BCUT2D eigenvalue weighted by molar-refractivity contribution is 7.90. The first kappa shape index (κ1) is 19.7. The Morgan fingerprint density at radius 2 is 1.97 bits per heavy atom. The third kappa shape index (κ3) is 4.36. The lowest BCUT2D eigenvalue weighted by Gasteiger charge is -2.11. The molecule has 2 aromatic heterocycles. The van der Waals surface area contributed by atoms with Crippen molar-refractivity contribution in [1.82, 2.24) is 15.0 Å². The standard InChI is InChI=1S/C21H17FN4O3S/c1-30(27,28)16-5-6-19-17(10-16)21(26-13-25-19)24-11-14-4-7-20(18(22)9-14)29-15-3-2-8-23-12-15/h2-10,12-13H,11H2,1H3,(H,24,25,26). The zero-order valence-electron chi connectivity index (χ0n) is 15.9. The van der Waals surface area contributed by atoms with Crippen LogP contribution in [0, 0.1) is 5.82 Å². The molecule has 4 aromatic rings. The van der Waals surface area contributed by atoms with Gasteiger partial charge in [-0.1, -0.05) is 6.07 Å². The van der Waals surface area contributed by atoms with Gasteiger partial charge in [-0.05, 0) is 48.0 Å². The third-order valence-corrected chi connectivity index (χ3v) is 5.46. The molecule has 2 heterocycles. The predicted molar refractivity (Wildman–Crippen MR) is 111 cm³/mol. The Labute approximate surface area is 172 Å². The van der Waals surface area contributed by atoms with Crippen LogP contribution in [0.5, 0.6) is 11.5 Å². The number of sulfone groups is 1. The van der Waals surface area contributed by atoms with Crippen molar-refractivity contribution in [3.8, 4) is 11.5 Å². The number of fused-ring (bicyclic) bond motifs is 1. The Kier molecular flexibility index (Phi) is 5.28. The monoisotopic (exact) mass is 424 g/mol. The molecule has 0 spiro atoms. The molecule has 0 unspecified atom stereocenters. The number of rotatable bonds is 6. The van der Waals surface area contributed by atoms with E-state index in [1.807, 2.05) is 0 Å². The number of nitrogens with zero attached hydrogens (tertiary/aromatic N) is 3. The zero-order valence-corrected chi connectivity index (χ0v) is 16.7. The van der Waals surface area contributed by atoms with E-state index in [-0.39, 0.29) is 17.2 Å². The van der Waals surface area contributed by atoms with E-state index in [1.165, 1.54) is 30.7 Å². The molecular weight excluding hydrogens is 407 g/mol. The Hall–Kier alpha value is -3.59. The molecule has 152 valence electrons. The van der Waals surface area contributed by atoms with Crippen LogP contribution < -0.4 is 10.1 Å². The topological polar surface area (TPSA) is 94.1 Å². The second-order valence-electron chi connectivity index (χ2n) is 6.58. The van der Waals surface area contributed by atoms with Crippen LogP contribution >= 0.6 is 0 Å². The number of nitrogens with one attached hydrogen (secondary N) is 1. The fourth-order valence-corrected chi connectivity index (χ4v) is 3.51. The summed E-state index contributed by atoms with van der Waals surface area (Å²) in [5.74, 6) is 0.486. The molecule has 0 aliphatic rings. The Bertz CT molecular complexity index is 1310. The van der Waals surface area contributed by atoms with Gasteiger partial charge in [0.1, 0.15) is 17.9 Å². The first-order valence-corrected chi connectivity index (χ1v) is 10.8. The van der Waals surface area contributed by atoms with E-state index in [0.717, 1.165) is 6.26 Å². The van der Waals surface area contributed by atoms with E-state index in [1.54, 1.807) is 36.5 Å². The lowest BCUT2D eigenvalue weighted by molar-refractivity contribution is 0.440. The van der Waals surface area contributed by atoms with Crippen LogP contribution in [0.3, 0.4) is 0 Å². The van der Waals surface area contributed by atoms with E-state index < -0.39 is 15.7 Å². The normalized spacial score (nSPS) is 11.4. The first-order chi connectivity index (χ1) is 14.4. The highest BCUT2D eigenvalue weighted by Gasteiger charge is 2.12. The van der Waals surface area contributed by atoms with Crippen molar-refractivity contribution < 1.29 is 17.5 Å². The maximum absolute atomic E-state index is 14.4.